The zero-order valence-electron chi connectivity index (χ0n) is 19.6. The number of nitrogens with one attached hydrogen (secondary N) is 1. The summed E-state index contributed by atoms with van der Waals surface area (Å²) in [4.78, 5) is 21.0. The van der Waals surface area contributed by atoms with Crippen LogP contribution in [0.4, 0.5) is 13.2 Å². The smallest absolute Gasteiger partial charge is 0.379 e. The topological polar surface area (TPSA) is 57.2 Å². The van der Waals surface area contributed by atoms with Crippen molar-refractivity contribution in [2.75, 3.05) is 45.9 Å². The van der Waals surface area contributed by atoms with Crippen molar-refractivity contribution < 1.29 is 22.7 Å². The van der Waals surface area contributed by atoms with Crippen LogP contribution in [0, 0.1) is 11.8 Å². The highest BCUT2D eigenvalue weighted by molar-refractivity contribution is 6.16. The van der Waals surface area contributed by atoms with Crippen LogP contribution in [0.15, 0.2) is 52.8 Å². The quantitative estimate of drug-likeness (QED) is 0.636. The van der Waals surface area contributed by atoms with Gasteiger partial charge in [0.1, 0.15) is 0 Å². The van der Waals surface area contributed by atoms with E-state index in [1.165, 1.54) is 25.1 Å². The second kappa shape index (κ2) is 10.5. The minimum absolute atomic E-state index is 0.0191. The summed E-state index contributed by atoms with van der Waals surface area (Å²) in [5.41, 5.74) is -0.0215. The van der Waals surface area contributed by atoms with E-state index >= 15 is 0 Å². The first-order valence-corrected chi connectivity index (χ1v) is 12.0. The molecule has 1 amide bonds. The van der Waals surface area contributed by atoms with Crippen LogP contribution in [-0.4, -0.2) is 79.6 Å². The Labute approximate surface area is 198 Å². The van der Waals surface area contributed by atoms with Crippen LogP contribution in [0.1, 0.15) is 26.2 Å². The highest BCUT2D eigenvalue weighted by atomic mass is 19.4. The Morgan fingerprint density at radius 2 is 1.97 bits per heavy atom. The molecule has 2 aliphatic carbocycles. The lowest BCUT2D eigenvalue weighted by molar-refractivity contribution is -0.124. The standard InChI is InChI=1S/C25H33F3N4O2/c1-3-8-29-24-17(2)22(7-6-21(24)25(26,27)28)32-14-19(18-4-5-18)13-20(15-32)30-23(33)16-31-9-11-34-12-10-31/h3,6-8,18-20H,2,4-5,9-16H2,1H3,(H,30,33)/b8-3-,29-24+. The van der Waals surface area contributed by atoms with Crippen molar-refractivity contribution >= 4 is 11.6 Å². The molecule has 3 fully saturated rings. The number of alkyl halides is 3. The first-order valence-electron chi connectivity index (χ1n) is 12.0. The number of morpholine rings is 1. The molecule has 0 bridgehead atoms. The number of ether oxygens (including phenoxy) is 1. The van der Waals surface area contributed by atoms with E-state index < -0.39 is 11.7 Å². The number of hydrogen-bond acceptors (Lipinski definition) is 5. The zero-order chi connectivity index (χ0) is 24.3. The number of nitrogens with zero attached hydrogens (tertiary/aromatic N) is 3. The summed E-state index contributed by atoms with van der Waals surface area (Å²) in [5.74, 6) is 0.978. The molecule has 0 aromatic rings. The molecule has 6 nitrogen and oxygen atoms in total. The fraction of sp³-hybridized carbons (Fsp3) is 0.600. The fourth-order valence-corrected chi connectivity index (χ4v) is 5.03. The Bertz CT molecular complexity index is 912. The normalized spacial score (nSPS) is 28.3. The van der Waals surface area contributed by atoms with Crippen LogP contribution >= 0.6 is 0 Å². The van der Waals surface area contributed by atoms with E-state index in [-0.39, 0.29) is 23.2 Å². The van der Waals surface area contributed by atoms with Gasteiger partial charge in [0.05, 0.1) is 31.0 Å². The number of likely N-dealkylation sites (tertiary alicyclic amines) is 1. The van der Waals surface area contributed by atoms with Gasteiger partial charge in [-0.15, -0.1) is 0 Å². The molecule has 1 N–H and O–H groups in total. The molecule has 0 radical (unpaired) electrons. The van der Waals surface area contributed by atoms with Gasteiger partial charge in [0.15, 0.2) is 0 Å². The summed E-state index contributed by atoms with van der Waals surface area (Å²) in [6.45, 7) is 10.1. The molecule has 1 saturated carbocycles. The molecule has 2 heterocycles. The van der Waals surface area contributed by atoms with Crippen LogP contribution < -0.4 is 5.32 Å². The molecule has 186 valence electrons. The molecule has 2 unspecified atom stereocenters. The highest BCUT2D eigenvalue weighted by Crippen LogP contribution is 2.43. The number of amides is 1. The van der Waals surface area contributed by atoms with Crippen molar-refractivity contribution in [2.24, 2.45) is 16.8 Å². The summed E-state index contributed by atoms with van der Waals surface area (Å²) >= 11 is 0. The van der Waals surface area contributed by atoms with Gasteiger partial charge in [-0.05, 0) is 50.2 Å². The Morgan fingerprint density at radius 1 is 1.24 bits per heavy atom. The first-order chi connectivity index (χ1) is 16.3. The summed E-state index contributed by atoms with van der Waals surface area (Å²) in [5, 5.41) is 3.18. The lowest BCUT2D eigenvalue weighted by atomic mass is 9.87. The second-order valence-corrected chi connectivity index (χ2v) is 9.46. The maximum Gasteiger partial charge on any atom is 0.418 e. The molecule has 34 heavy (non-hydrogen) atoms. The van der Waals surface area contributed by atoms with Gasteiger partial charge in [-0.25, -0.2) is 0 Å². The summed E-state index contributed by atoms with van der Waals surface area (Å²) in [7, 11) is 0. The van der Waals surface area contributed by atoms with Crippen LogP contribution in [0.25, 0.3) is 0 Å². The van der Waals surface area contributed by atoms with Crippen LogP contribution in [0.3, 0.4) is 0 Å². The van der Waals surface area contributed by atoms with E-state index in [4.69, 9.17) is 4.74 Å². The summed E-state index contributed by atoms with van der Waals surface area (Å²) in [6.07, 6.45) is 4.26. The van der Waals surface area contributed by atoms with E-state index in [1.54, 1.807) is 13.0 Å². The maximum atomic E-state index is 13.6. The maximum absolute atomic E-state index is 13.6. The third-order valence-corrected chi connectivity index (χ3v) is 6.86. The molecule has 0 aromatic heterocycles. The van der Waals surface area contributed by atoms with Gasteiger partial charge in [-0.2, -0.15) is 13.2 Å². The largest absolute Gasteiger partial charge is 0.418 e. The van der Waals surface area contributed by atoms with Crippen molar-refractivity contribution in [3.63, 3.8) is 0 Å². The highest BCUT2D eigenvalue weighted by Gasteiger charge is 2.42. The van der Waals surface area contributed by atoms with Crippen molar-refractivity contribution in [1.29, 1.82) is 0 Å². The number of halogens is 3. The average molecular weight is 479 g/mol. The second-order valence-electron chi connectivity index (χ2n) is 9.46. The Balaban J connectivity index is 1.51. The molecule has 4 aliphatic rings. The van der Waals surface area contributed by atoms with Crippen molar-refractivity contribution in [3.05, 3.63) is 47.9 Å². The van der Waals surface area contributed by atoms with Gasteiger partial charge < -0.3 is 15.0 Å². The molecule has 2 atom stereocenters. The molecule has 9 heteroatoms. The van der Waals surface area contributed by atoms with E-state index in [0.717, 1.165) is 32.1 Å². The van der Waals surface area contributed by atoms with Gasteiger partial charge >= 0.3 is 6.18 Å². The van der Waals surface area contributed by atoms with E-state index in [9.17, 15) is 18.0 Å². The molecule has 0 spiro atoms. The van der Waals surface area contributed by atoms with Crippen LogP contribution in [-0.2, 0) is 9.53 Å². The van der Waals surface area contributed by atoms with Gasteiger partial charge in [0, 0.05) is 49.7 Å². The van der Waals surface area contributed by atoms with Crippen LogP contribution in [0.2, 0.25) is 0 Å². The van der Waals surface area contributed by atoms with Crippen molar-refractivity contribution in [3.8, 4) is 0 Å². The minimum Gasteiger partial charge on any atom is -0.379 e. The molecule has 2 saturated heterocycles. The van der Waals surface area contributed by atoms with Gasteiger partial charge in [-0.3, -0.25) is 14.7 Å². The third-order valence-electron chi connectivity index (χ3n) is 6.86. The zero-order valence-corrected chi connectivity index (χ0v) is 19.6. The molecular weight excluding hydrogens is 445 g/mol. The van der Waals surface area contributed by atoms with Crippen molar-refractivity contribution in [1.82, 2.24) is 15.1 Å². The van der Waals surface area contributed by atoms with Gasteiger partial charge in [0.25, 0.3) is 0 Å². The lowest BCUT2D eigenvalue weighted by Crippen LogP contribution is -2.53. The SMILES string of the molecule is C=C1C(N2CC(NC(=O)CN3CCOCC3)CC(C3CC3)C2)=CC=C(C(F)(F)F)/C1=N/C=C\C. The Morgan fingerprint density at radius 3 is 2.62 bits per heavy atom. The number of carbonyl (C=O) groups excluding carboxylic acids is 1. The third kappa shape index (κ3) is 5.99. The number of rotatable bonds is 6. The summed E-state index contributed by atoms with van der Waals surface area (Å²) < 4.78 is 46.2. The Hall–Kier alpha value is -2.39. The van der Waals surface area contributed by atoms with Gasteiger partial charge in [-0.1, -0.05) is 12.7 Å². The van der Waals surface area contributed by atoms with Crippen LogP contribution in [0.5, 0.6) is 0 Å². The number of carbonyl (C=O) groups is 1. The number of allylic oxidation sites excluding steroid dienone is 5. The monoisotopic (exact) mass is 478 g/mol. The van der Waals surface area contributed by atoms with E-state index in [0.29, 0.717) is 43.8 Å². The van der Waals surface area contributed by atoms with E-state index in [2.05, 4.69) is 26.7 Å². The minimum atomic E-state index is -4.51. The fourth-order valence-electron chi connectivity index (χ4n) is 5.03. The van der Waals surface area contributed by atoms with Crippen molar-refractivity contribution in [2.45, 2.75) is 38.4 Å². The molecule has 4 rings (SSSR count). The predicted molar refractivity (Wildman–Crippen MR) is 125 cm³/mol. The molecular formula is C25H33F3N4O2. The van der Waals surface area contributed by atoms with E-state index in [1.807, 2.05) is 0 Å². The number of aliphatic imine (C=N–C) groups is 1. The average Bonchev–Trinajstić information content (AvgIpc) is 3.63. The number of piperidine rings is 1. The lowest BCUT2D eigenvalue weighted by Gasteiger charge is -2.42. The molecule has 0 aromatic carbocycles. The Kier molecular flexibility index (Phi) is 7.62. The summed E-state index contributed by atoms with van der Waals surface area (Å²) in [6, 6.07) is -0.0643. The number of hydrogen-bond donors (Lipinski definition) is 1. The molecule has 2 aliphatic heterocycles. The first kappa shape index (κ1) is 24.7. The van der Waals surface area contributed by atoms with Gasteiger partial charge in [0.2, 0.25) is 5.91 Å². The predicted octanol–water partition coefficient (Wildman–Crippen LogP) is 3.45.